The van der Waals surface area contributed by atoms with Crippen molar-refractivity contribution in [3.63, 3.8) is 0 Å². The zero-order valence-corrected chi connectivity index (χ0v) is 12.2. The maximum absolute atomic E-state index is 13.6. The molecule has 4 nitrogen and oxygen atoms in total. The molecule has 0 saturated carbocycles. The predicted molar refractivity (Wildman–Crippen MR) is 72.4 cm³/mol. The summed E-state index contributed by atoms with van der Waals surface area (Å²) in [5.74, 6) is -2.46. The lowest BCUT2D eigenvalue weighted by atomic mass is 10.0. The molecular weight excluding hydrogens is 317 g/mol. The summed E-state index contributed by atoms with van der Waals surface area (Å²) in [7, 11) is 0. The minimum absolute atomic E-state index is 0.102. The second kappa shape index (κ2) is 6.65. The minimum atomic E-state index is -1.13. The van der Waals surface area contributed by atoms with Crippen LogP contribution in [0.25, 0.3) is 0 Å². The molecule has 1 amide bonds. The van der Waals surface area contributed by atoms with Crippen LogP contribution in [0, 0.1) is 11.7 Å². The Morgan fingerprint density at radius 3 is 2.53 bits per heavy atom. The molecule has 1 unspecified atom stereocenters. The van der Waals surface area contributed by atoms with Gasteiger partial charge in [-0.05, 0) is 40.4 Å². The van der Waals surface area contributed by atoms with Gasteiger partial charge in [0.1, 0.15) is 11.9 Å². The molecule has 0 heterocycles. The van der Waals surface area contributed by atoms with Gasteiger partial charge in [-0.25, -0.2) is 9.18 Å². The molecule has 0 radical (unpaired) electrons. The molecule has 0 bridgehead atoms. The molecule has 0 aliphatic heterocycles. The van der Waals surface area contributed by atoms with Crippen LogP contribution >= 0.6 is 15.9 Å². The van der Waals surface area contributed by atoms with Gasteiger partial charge < -0.3 is 10.4 Å². The summed E-state index contributed by atoms with van der Waals surface area (Å²) in [6.45, 7) is 3.70. The molecule has 2 N–H and O–H groups in total. The highest BCUT2D eigenvalue weighted by Gasteiger charge is 2.24. The lowest BCUT2D eigenvalue weighted by Gasteiger charge is -2.17. The van der Waals surface area contributed by atoms with E-state index in [1.807, 2.05) is 13.8 Å². The molecule has 104 valence electrons. The lowest BCUT2D eigenvalue weighted by molar-refractivity contribution is -0.139. The number of hydrogen-bond acceptors (Lipinski definition) is 2. The van der Waals surface area contributed by atoms with Crippen molar-refractivity contribution >= 4 is 27.8 Å². The summed E-state index contributed by atoms with van der Waals surface area (Å²) in [5.41, 5.74) is -0.183. The molecule has 0 aromatic heterocycles. The molecule has 0 fully saturated rings. The summed E-state index contributed by atoms with van der Waals surface area (Å²) in [6.07, 6.45) is 0.285. The Balaban J connectivity index is 2.91. The number of amides is 1. The van der Waals surface area contributed by atoms with Gasteiger partial charge in [-0.2, -0.15) is 0 Å². The number of aliphatic carboxylic acids is 1. The van der Waals surface area contributed by atoms with Crippen molar-refractivity contribution in [2.45, 2.75) is 26.3 Å². The first kappa shape index (κ1) is 15.6. The van der Waals surface area contributed by atoms with Crippen molar-refractivity contribution < 1.29 is 19.1 Å². The van der Waals surface area contributed by atoms with E-state index in [0.29, 0.717) is 4.47 Å². The van der Waals surface area contributed by atoms with Crippen LogP contribution in [0.15, 0.2) is 22.7 Å². The van der Waals surface area contributed by atoms with E-state index in [2.05, 4.69) is 21.2 Å². The number of nitrogens with one attached hydrogen (secondary N) is 1. The zero-order valence-electron chi connectivity index (χ0n) is 10.6. The van der Waals surface area contributed by atoms with E-state index in [-0.39, 0.29) is 17.9 Å². The Kier molecular flexibility index (Phi) is 5.47. The first-order valence-electron chi connectivity index (χ1n) is 5.80. The fourth-order valence-corrected chi connectivity index (χ4v) is 2.16. The van der Waals surface area contributed by atoms with Gasteiger partial charge in [0.15, 0.2) is 0 Å². The molecule has 0 spiro atoms. The van der Waals surface area contributed by atoms with Gasteiger partial charge in [0.25, 0.3) is 5.91 Å². The van der Waals surface area contributed by atoms with Crippen LogP contribution in [0.5, 0.6) is 0 Å². The van der Waals surface area contributed by atoms with E-state index < -0.39 is 23.7 Å². The highest BCUT2D eigenvalue weighted by atomic mass is 79.9. The third-order valence-corrected chi connectivity index (χ3v) is 3.16. The van der Waals surface area contributed by atoms with Crippen LogP contribution in [0.2, 0.25) is 0 Å². The predicted octanol–water partition coefficient (Wildman–Crippen LogP) is 2.82. The Hall–Kier alpha value is -1.43. The van der Waals surface area contributed by atoms with Crippen molar-refractivity contribution in [3.8, 4) is 0 Å². The van der Waals surface area contributed by atoms with Crippen molar-refractivity contribution in [2.24, 2.45) is 5.92 Å². The van der Waals surface area contributed by atoms with Crippen molar-refractivity contribution in [3.05, 3.63) is 34.1 Å². The number of carboxylic acid groups (broad SMARTS) is 1. The van der Waals surface area contributed by atoms with Gasteiger partial charge in [0.2, 0.25) is 0 Å². The summed E-state index contributed by atoms with van der Waals surface area (Å²) in [6, 6.07) is 3.10. The number of halogens is 2. The molecule has 1 rings (SSSR count). The van der Waals surface area contributed by atoms with E-state index in [9.17, 15) is 14.0 Å². The van der Waals surface area contributed by atoms with Crippen LogP contribution in [0.4, 0.5) is 4.39 Å². The molecule has 6 heteroatoms. The fraction of sp³-hybridized carbons (Fsp3) is 0.385. The van der Waals surface area contributed by atoms with E-state index >= 15 is 0 Å². The van der Waals surface area contributed by atoms with Crippen LogP contribution < -0.4 is 5.32 Å². The summed E-state index contributed by atoms with van der Waals surface area (Å²) in [5, 5.41) is 11.4. The number of hydrogen-bond donors (Lipinski definition) is 2. The average molecular weight is 332 g/mol. The number of carbonyl (C=O) groups is 2. The molecule has 0 aliphatic carbocycles. The lowest BCUT2D eigenvalue weighted by Crippen LogP contribution is -2.42. The van der Waals surface area contributed by atoms with Gasteiger partial charge in [-0.3, -0.25) is 4.79 Å². The minimum Gasteiger partial charge on any atom is -0.480 e. The first-order valence-corrected chi connectivity index (χ1v) is 6.60. The monoisotopic (exact) mass is 331 g/mol. The first-order chi connectivity index (χ1) is 8.82. The highest BCUT2D eigenvalue weighted by Crippen LogP contribution is 2.20. The second-order valence-corrected chi connectivity index (χ2v) is 5.44. The van der Waals surface area contributed by atoms with Gasteiger partial charge in [-0.1, -0.05) is 19.9 Å². The van der Waals surface area contributed by atoms with Gasteiger partial charge in [-0.15, -0.1) is 0 Å². The summed E-state index contributed by atoms with van der Waals surface area (Å²) < 4.78 is 13.9. The molecular formula is C13H15BrFNO3. The topological polar surface area (TPSA) is 66.4 Å². The quantitative estimate of drug-likeness (QED) is 0.871. The standard InChI is InChI=1S/C13H15BrFNO3/c1-7(2)6-10(13(18)19)16-12(17)11-8(14)4-3-5-9(11)15/h3-5,7,10H,6H2,1-2H3,(H,16,17)(H,18,19). The third kappa shape index (κ3) is 4.31. The molecule has 1 atom stereocenters. The third-order valence-electron chi connectivity index (χ3n) is 2.50. The molecule has 1 aromatic rings. The Labute approximate surface area is 119 Å². The molecule has 19 heavy (non-hydrogen) atoms. The maximum atomic E-state index is 13.6. The summed E-state index contributed by atoms with van der Waals surface area (Å²) >= 11 is 3.08. The number of rotatable bonds is 5. The van der Waals surface area contributed by atoms with E-state index in [1.165, 1.54) is 12.1 Å². The van der Waals surface area contributed by atoms with Crippen LogP contribution in [-0.4, -0.2) is 23.0 Å². The largest absolute Gasteiger partial charge is 0.480 e. The Morgan fingerprint density at radius 2 is 2.05 bits per heavy atom. The van der Waals surface area contributed by atoms with Gasteiger partial charge in [0.05, 0.1) is 5.56 Å². The molecule has 0 saturated heterocycles. The SMILES string of the molecule is CC(C)CC(NC(=O)c1c(F)cccc1Br)C(=O)O. The van der Waals surface area contributed by atoms with Crippen LogP contribution in [0.3, 0.4) is 0 Å². The Bertz CT molecular complexity index is 471. The van der Waals surface area contributed by atoms with E-state index in [4.69, 9.17) is 5.11 Å². The Morgan fingerprint density at radius 1 is 1.42 bits per heavy atom. The number of carbonyl (C=O) groups excluding carboxylic acids is 1. The van der Waals surface area contributed by atoms with E-state index in [0.717, 1.165) is 6.07 Å². The smallest absolute Gasteiger partial charge is 0.326 e. The van der Waals surface area contributed by atoms with Crippen molar-refractivity contribution in [2.75, 3.05) is 0 Å². The fourth-order valence-electron chi connectivity index (χ4n) is 1.64. The van der Waals surface area contributed by atoms with Crippen LogP contribution in [0.1, 0.15) is 30.6 Å². The molecule has 1 aromatic carbocycles. The average Bonchev–Trinajstić information content (AvgIpc) is 2.27. The van der Waals surface area contributed by atoms with Gasteiger partial charge >= 0.3 is 5.97 Å². The van der Waals surface area contributed by atoms with Crippen molar-refractivity contribution in [1.82, 2.24) is 5.32 Å². The maximum Gasteiger partial charge on any atom is 0.326 e. The molecule has 0 aliphatic rings. The summed E-state index contributed by atoms with van der Waals surface area (Å²) in [4.78, 5) is 23.0. The van der Waals surface area contributed by atoms with E-state index in [1.54, 1.807) is 0 Å². The second-order valence-electron chi connectivity index (χ2n) is 4.59. The number of benzene rings is 1. The number of carboxylic acids is 1. The normalized spacial score (nSPS) is 12.3. The zero-order chi connectivity index (χ0) is 14.6. The van der Waals surface area contributed by atoms with Crippen LogP contribution in [-0.2, 0) is 4.79 Å². The highest BCUT2D eigenvalue weighted by molar-refractivity contribution is 9.10. The van der Waals surface area contributed by atoms with Crippen molar-refractivity contribution in [1.29, 1.82) is 0 Å². The van der Waals surface area contributed by atoms with Gasteiger partial charge in [0, 0.05) is 4.47 Å².